The molecule has 0 saturated heterocycles. The highest BCUT2D eigenvalue weighted by atomic mass is 35.5. The third-order valence-electron chi connectivity index (χ3n) is 4.10. The van der Waals surface area contributed by atoms with E-state index >= 15 is 0 Å². The minimum atomic E-state index is -0.248. The number of rotatable bonds is 2. The quantitative estimate of drug-likeness (QED) is 0.819. The zero-order valence-corrected chi connectivity index (χ0v) is 12.1. The molecule has 0 aliphatic heterocycles. The number of halogens is 1. The first-order valence-electron chi connectivity index (χ1n) is 6.57. The minimum absolute atomic E-state index is 0.248. The average molecular weight is 266 g/mol. The molecule has 1 aromatic rings. The van der Waals surface area contributed by atoms with Gasteiger partial charge in [0.25, 0.3) is 0 Å². The standard InChI is InChI=1S/C14H20ClN3/c1-10-5-4-6-14(7-10,9-16)8-12-13(15)11(2)17-18(12)3/h10H,4-8H2,1-3H3. The van der Waals surface area contributed by atoms with Crippen LogP contribution >= 0.6 is 11.6 Å². The van der Waals surface area contributed by atoms with E-state index < -0.39 is 0 Å². The van der Waals surface area contributed by atoms with Crippen LogP contribution in [-0.2, 0) is 13.5 Å². The summed E-state index contributed by atoms with van der Waals surface area (Å²) in [6.07, 6.45) is 5.06. The zero-order valence-electron chi connectivity index (χ0n) is 11.3. The number of aryl methyl sites for hydroxylation is 2. The van der Waals surface area contributed by atoms with Crippen LogP contribution in [0.25, 0.3) is 0 Å². The zero-order chi connectivity index (χ0) is 13.3. The summed E-state index contributed by atoms with van der Waals surface area (Å²) in [6.45, 7) is 4.15. The van der Waals surface area contributed by atoms with E-state index in [2.05, 4.69) is 18.1 Å². The summed E-state index contributed by atoms with van der Waals surface area (Å²) in [5, 5.41) is 14.6. The Labute approximate surface area is 114 Å². The van der Waals surface area contributed by atoms with Gasteiger partial charge in [0.15, 0.2) is 0 Å². The van der Waals surface area contributed by atoms with E-state index in [-0.39, 0.29) is 5.41 Å². The van der Waals surface area contributed by atoms with Crippen LogP contribution in [0.3, 0.4) is 0 Å². The fourth-order valence-corrected chi connectivity index (χ4v) is 3.38. The predicted octanol–water partition coefficient (Wildman–Crippen LogP) is 3.64. The van der Waals surface area contributed by atoms with Crippen LogP contribution in [0.2, 0.25) is 5.02 Å². The number of nitriles is 1. The summed E-state index contributed by atoms with van der Waals surface area (Å²) < 4.78 is 1.83. The van der Waals surface area contributed by atoms with Gasteiger partial charge >= 0.3 is 0 Å². The molecule has 98 valence electrons. The molecule has 18 heavy (non-hydrogen) atoms. The van der Waals surface area contributed by atoms with E-state index in [4.69, 9.17) is 11.6 Å². The highest BCUT2D eigenvalue weighted by molar-refractivity contribution is 6.31. The summed E-state index contributed by atoms with van der Waals surface area (Å²) in [5.74, 6) is 0.631. The van der Waals surface area contributed by atoms with E-state index in [1.54, 1.807) is 0 Å². The van der Waals surface area contributed by atoms with Gasteiger partial charge in [-0.05, 0) is 25.7 Å². The first-order chi connectivity index (χ1) is 8.47. The number of hydrogen-bond donors (Lipinski definition) is 0. The van der Waals surface area contributed by atoms with Gasteiger partial charge < -0.3 is 0 Å². The SMILES string of the molecule is Cc1nn(C)c(CC2(C#N)CCCC(C)C2)c1Cl. The predicted molar refractivity (Wildman–Crippen MR) is 72.3 cm³/mol. The molecule has 2 unspecified atom stereocenters. The van der Waals surface area contributed by atoms with Crippen LogP contribution in [0.15, 0.2) is 0 Å². The Hall–Kier alpha value is -1.01. The lowest BCUT2D eigenvalue weighted by atomic mass is 9.68. The molecular weight excluding hydrogens is 246 g/mol. The molecule has 0 bridgehead atoms. The maximum Gasteiger partial charge on any atom is 0.0847 e. The van der Waals surface area contributed by atoms with Gasteiger partial charge in [-0.1, -0.05) is 31.4 Å². The molecule has 2 rings (SSSR count). The van der Waals surface area contributed by atoms with Crippen molar-refractivity contribution in [3.05, 3.63) is 16.4 Å². The molecule has 0 amide bonds. The second-order valence-electron chi connectivity index (χ2n) is 5.74. The summed E-state index contributed by atoms with van der Waals surface area (Å²) in [7, 11) is 1.91. The van der Waals surface area contributed by atoms with E-state index in [0.29, 0.717) is 5.92 Å². The van der Waals surface area contributed by atoms with Crippen molar-refractivity contribution in [1.82, 2.24) is 9.78 Å². The maximum atomic E-state index is 9.59. The lowest BCUT2D eigenvalue weighted by molar-refractivity contribution is 0.206. The van der Waals surface area contributed by atoms with Crippen LogP contribution in [0, 0.1) is 29.6 Å². The molecule has 1 heterocycles. The Bertz CT molecular complexity index is 486. The molecule has 4 heteroatoms. The molecule has 0 spiro atoms. The molecule has 2 atom stereocenters. The lowest BCUT2D eigenvalue weighted by Crippen LogP contribution is -2.29. The van der Waals surface area contributed by atoms with Crippen molar-refractivity contribution < 1.29 is 0 Å². The van der Waals surface area contributed by atoms with Gasteiger partial charge in [-0.25, -0.2) is 0 Å². The largest absolute Gasteiger partial charge is 0.271 e. The van der Waals surface area contributed by atoms with Gasteiger partial charge in [0.1, 0.15) is 0 Å². The second-order valence-corrected chi connectivity index (χ2v) is 6.12. The van der Waals surface area contributed by atoms with E-state index in [1.807, 2.05) is 18.7 Å². The van der Waals surface area contributed by atoms with Crippen LogP contribution in [0.5, 0.6) is 0 Å². The molecule has 3 nitrogen and oxygen atoms in total. The molecule has 1 aromatic heterocycles. The highest BCUT2D eigenvalue weighted by Crippen LogP contribution is 2.42. The van der Waals surface area contributed by atoms with Crippen molar-refractivity contribution in [1.29, 1.82) is 5.26 Å². The van der Waals surface area contributed by atoms with Gasteiger partial charge in [0.2, 0.25) is 0 Å². The van der Waals surface area contributed by atoms with Gasteiger partial charge in [-0.3, -0.25) is 4.68 Å². The molecule has 0 aromatic carbocycles. The molecule has 0 N–H and O–H groups in total. The number of nitrogens with zero attached hydrogens (tertiary/aromatic N) is 3. The van der Waals surface area contributed by atoms with Crippen molar-refractivity contribution in [3.63, 3.8) is 0 Å². The fraction of sp³-hybridized carbons (Fsp3) is 0.714. The molecular formula is C14H20ClN3. The monoisotopic (exact) mass is 265 g/mol. The second kappa shape index (κ2) is 4.93. The normalized spacial score (nSPS) is 28.1. The van der Waals surface area contributed by atoms with Crippen LogP contribution in [-0.4, -0.2) is 9.78 Å². The van der Waals surface area contributed by atoms with Crippen molar-refractivity contribution in [3.8, 4) is 6.07 Å². The fourth-order valence-electron chi connectivity index (χ4n) is 3.15. The van der Waals surface area contributed by atoms with Crippen molar-refractivity contribution in [2.45, 2.75) is 46.0 Å². The van der Waals surface area contributed by atoms with E-state index in [9.17, 15) is 5.26 Å². The van der Waals surface area contributed by atoms with E-state index in [0.717, 1.165) is 42.1 Å². The first-order valence-corrected chi connectivity index (χ1v) is 6.94. The Morgan fingerprint density at radius 3 is 2.83 bits per heavy atom. The van der Waals surface area contributed by atoms with Gasteiger partial charge in [-0.15, -0.1) is 0 Å². The molecule has 1 aliphatic carbocycles. The summed E-state index contributed by atoms with van der Waals surface area (Å²) in [6, 6.07) is 2.56. The van der Waals surface area contributed by atoms with Crippen LogP contribution in [0.1, 0.15) is 44.0 Å². The Balaban J connectivity index is 2.28. The average Bonchev–Trinajstić information content (AvgIpc) is 2.56. The Kier molecular flexibility index (Phi) is 3.68. The minimum Gasteiger partial charge on any atom is -0.271 e. The highest BCUT2D eigenvalue weighted by Gasteiger charge is 2.36. The molecule has 1 saturated carbocycles. The maximum absolute atomic E-state index is 9.59. The van der Waals surface area contributed by atoms with Crippen LogP contribution in [0.4, 0.5) is 0 Å². The Morgan fingerprint density at radius 2 is 2.33 bits per heavy atom. The third-order valence-corrected chi connectivity index (χ3v) is 4.59. The Morgan fingerprint density at radius 1 is 1.61 bits per heavy atom. The van der Waals surface area contributed by atoms with Crippen LogP contribution < -0.4 is 0 Å². The molecule has 1 aliphatic rings. The number of hydrogen-bond acceptors (Lipinski definition) is 2. The summed E-state index contributed by atoms with van der Waals surface area (Å²) >= 11 is 6.30. The van der Waals surface area contributed by atoms with E-state index in [1.165, 1.54) is 6.42 Å². The smallest absolute Gasteiger partial charge is 0.0847 e. The van der Waals surface area contributed by atoms with Gasteiger partial charge in [-0.2, -0.15) is 10.4 Å². The van der Waals surface area contributed by atoms with Gasteiger partial charge in [0.05, 0.1) is 27.9 Å². The van der Waals surface area contributed by atoms with Gasteiger partial charge in [0, 0.05) is 13.5 Å². The molecule has 0 radical (unpaired) electrons. The van der Waals surface area contributed by atoms with Crippen molar-refractivity contribution >= 4 is 11.6 Å². The third kappa shape index (κ3) is 2.40. The summed E-state index contributed by atoms with van der Waals surface area (Å²) in [5.41, 5.74) is 1.61. The first kappa shape index (κ1) is 13.4. The molecule has 1 fully saturated rings. The summed E-state index contributed by atoms with van der Waals surface area (Å²) in [4.78, 5) is 0. The van der Waals surface area contributed by atoms with Crippen molar-refractivity contribution in [2.24, 2.45) is 18.4 Å². The topological polar surface area (TPSA) is 41.6 Å². The number of aromatic nitrogens is 2. The van der Waals surface area contributed by atoms with Crippen molar-refractivity contribution in [2.75, 3.05) is 0 Å². The lowest BCUT2D eigenvalue weighted by Gasteiger charge is -2.34.